The average Bonchev–Trinajstić information content (AvgIpc) is 2.26. The van der Waals surface area contributed by atoms with Gasteiger partial charge in [0.2, 0.25) is 0 Å². The molecule has 0 aliphatic rings. The summed E-state index contributed by atoms with van der Waals surface area (Å²) < 4.78 is 13.3. The highest BCUT2D eigenvalue weighted by Gasteiger charge is 2.07. The van der Waals surface area contributed by atoms with E-state index in [-0.39, 0.29) is 5.82 Å². The van der Waals surface area contributed by atoms with E-state index in [0.29, 0.717) is 12.2 Å². The quantitative estimate of drug-likeness (QED) is 0.851. The van der Waals surface area contributed by atoms with Gasteiger partial charge in [0, 0.05) is 25.0 Å². The van der Waals surface area contributed by atoms with Gasteiger partial charge in [0.15, 0.2) is 0 Å². The minimum Gasteiger partial charge on any atom is -0.399 e. The Morgan fingerprint density at radius 1 is 1.11 bits per heavy atom. The molecule has 0 spiro atoms. The van der Waals surface area contributed by atoms with Crippen LogP contribution in [0.3, 0.4) is 0 Å². The summed E-state index contributed by atoms with van der Waals surface area (Å²) in [4.78, 5) is 2.10. The minimum atomic E-state index is -0.288. The maximum absolute atomic E-state index is 13.3. The van der Waals surface area contributed by atoms with Crippen molar-refractivity contribution in [1.29, 1.82) is 0 Å². The summed E-state index contributed by atoms with van der Waals surface area (Å²) in [5, 5.41) is 0. The molecule has 0 heterocycles. The summed E-state index contributed by atoms with van der Waals surface area (Å²) in [7, 11) is 2.00. The molecule has 2 aromatic rings. The number of nitrogens with two attached hydrogens (primary N) is 1. The first-order valence-corrected chi connectivity index (χ1v) is 6.29. The molecule has 0 atom stereocenters. The highest BCUT2D eigenvalue weighted by atomic mass is 19.1. The van der Waals surface area contributed by atoms with Gasteiger partial charge in [-0.25, -0.2) is 4.39 Å². The molecule has 2 aromatic carbocycles. The molecule has 3 heteroatoms. The first-order valence-electron chi connectivity index (χ1n) is 6.29. The molecule has 2 rings (SSSR count). The van der Waals surface area contributed by atoms with E-state index in [1.54, 1.807) is 0 Å². The van der Waals surface area contributed by atoms with Gasteiger partial charge in [0.1, 0.15) is 5.82 Å². The SMILES string of the molecule is Cc1ccc(N(C)Cc2cc(N)cc(F)c2)c(C)c1. The lowest BCUT2D eigenvalue weighted by atomic mass is 10.1. The molecule has 0 aliphatic carbocycles. The molecule has 2 nitrogen and oxygen atoms in total. The van der Waals surface area contributed by atoms with Crippen molar-refractivity contribution in [1.82, 2.24) is 0 Å². The van der Waals surface area contributed by atoms with Crippen molar-refractivity contribution >= 4 is 11.4 Å². The Morgan fingerprint density at radius 3 is 2.47 bits per heavy atom. The summed E-state index contributed by atoms with van der Waals surface area (Å²) in [5.41, 5.74) is 10.6. The van der Waals surface area contributed by atoms with Gasteiger partial charge in [-0.1, -0.05) is 17.7 Å². The molecule has 0 fully saturated rings. The van der Waals surface area contributed by atoms with Crippen LogP contribution in [-0.4, -0.2) is 7.05 Å². The fourth-order valence-electron chi connectivity index (χ4n) is 2.36. The summed E-state index contributed by atoms with van der Waals surface area (Å²) >= 11 is 0. The number of nitrogen functional groups attached to an aromatic ring is 1. The average molecular weight is 258 g/mol. The lowest BCUT2D eigenvalue weighted by Crippen LogP contribution is -2.17. The van der Waals surface area contributed by atoms with Crippen LogP contribution < -0.4 is 10.6 Å². The maximum Gasteiger partial charge on any atom is 0.125 e. The van der Waals surface area contributed by atoms with Crippen molar-refractivity contribution in [2.75, 3.05) is 17.7 Å². The topological polar surface area (TPSA) is 29.3 Å². The lowest BCUT2D eigenvalue weighted by Gasteiger charge is -2.22. The Morgan fingerprint density at radius 2 is 1.84 bits per heavy atom. The van der Waals surface area contributed by atoms with E-state index >= 15 is 0 Å². The molecule has 100 valence electrons. The van der Waals surface area contributed by atoms with Crippen LogP contribution in [0, 0.1) is 19.7 Å². The van der Waals surface area contributed by atoms with Crippen LogP contribution >= 0.6 is 0 Å². The van der Waals surface area contributed by atoms with Crippen LogP contribution in [0.1, 0.15) is 16.7 Å². The molecule has 0 aromatic heterocycles. The molecule has 0 aliphatic heterocycles. The Labute approximate surface area is 113 Å². The molecule has 0 bridgehead atoms. The third kappa shape index (κ3) is 3.25. The van der Waals surface area contributed by atoms with Crippen LogP contribution in [0.5, 0.6) is 0 Å². The van der Waals surface area contributed by atoms with E-state index in [2.05, 4.69) is 36.9 Å². The molecule has 0 saturated carbocycles. The summed E-state index contributed by atoms with van der Waals surface area (Å²) in [6.07, 6.45) is 0. The van der Waals surface area contributed by atoms with Crippen molar-refractivity contribution in [2.45, 2.75) is 20.4 Å². The van der Waals surface area contributed by atoms with Gasteiger partial charge in [-0.05, 0) is 49.2 Å². The first kappa shape index (κ1) is 13.4. The number of benzene rings is 2. The number of hydrogen-bond acceptors (Lipinski definition) is 2. The predicted molar refractivity (Wildman–Crippen MR) is 78.8 cm³/mol. The van der Waals surface area contributed by atoms with E-state index < -0.39 is 0 Å². The Kier molecular flexibility index (Phi) is 3.74. The third-order valence-corrected chi connectivity index (χ3v) is 3.16. The number of aryl methyl sites for hydroxylation is 2. The van der Waals surface area contributed by atoms with Crippen LogP contribution in [0.15, 0.2) is 36.4 Å². The van der Waals surface area contributed by atoms with Crippen LogP contribution in [0.4, 0.5) is 15.8 Å². The standard InChI is InChI=1S/C16H19FN2/c1-11-4-5-16(12(2)6-11)19(3)10-13-7-14(17)9-15(18)8-13/h4-9H,10,18H2,1-3H3. The van der Waals surface area contributed by atoms with Crippen molar-refractivity contribution in [3.8, 4) is 0 Å². The fraction of sp³-hybridized carbons (Fsp3) is 0.250. The highest BCUT2D eigenvalue weighted by Crippen LogP contribution is 2.22. The van der Waals surface area contributed by atoms with Gasteiger partial charge in [-0.3, -0.25) is 0 Å². The summed E-state index contributed by atoms with van der Waals surface area (Å²) in [5.74, 6) is -0.288. The van der Waals surface area contributed by atoms with E-state index in [0.717, 1.165) is 11.3 Å². The van der Waals surface area contributed by atoms with E-state index in [1.807, 2.05) is 13.1 Å². The smallest absolute Gasteiger partial charge is 0.125 e. The van der Waals surface area contributed by atoms with Crippen LogP contribution in [0.2, 0.25) is 0 Å². The Bertz CT molecular complexity index is 573. The minimum absolute atomic E-state index is 0.288. The monoisotopic (exact) mass is 258 g/mol. The van der Waals surface area contributed by atoms with Gasteiger partial charge in [0.25, 0.3) is 0 Å². The normalized spacial score (nSPS) is 10.5. The van der Waals surface area contributed by atoms with E-state index in [1.165, 1.54) is 23.3 Å². The van der Waals surface area contributed by atoms with Crippen molar-refractivity contribution in [2.24, 2.45) is 0 Å². The zero-order valence-corrected chi connectivity index (χ0v) is 11.6. The number of halogens is 1. The highest BCUT2D eigenvalue weighted by molar-refractivity contribution is 5.54. The van der Waals surface area contributed by atoms with Crippen LogP contribution in [0.25, 0.3) is 0 Å². The summed E-state index contributed by atoms with van der Waals surface area (Å²) in [6.45, 7) is 4.79. The van der Waals surface area contributed by atoms with Gasteiger partial charge in [0.05, 0.1) is 0 Å². The fourth-order valence-corrected chi connectivity index (χ4v) is 2.36. The number of rotatable bonds is 3. The zero-order valence-electron chi connectivity index (χ0n) is 11.6. The Hall–Kier alpha value is -2.03. The second-order valence-corrected chi connectivity index (χ2v) is 5.04. The molecular formula is C16H19FN2. The first-order chi connectivity index (χ1) is 8.95. The molecular weight excluding hydrogens is 239 g/mol. The lowest BCUT2D eigenvalue weighted by molar-refractivity contribution is 0.626. The van der Waals surface area contributed by atoms with E-state index in [9.17, 15) is 4.39 Å². The largest absolute Gasteiger partial charge is 0.399 e. The molecule has 0 radical (unpaired) electrons. The number of hydrogen-bond donors (Lipinski definition) is 1. The zero-order chi connectivity index (χ0) is 14.0. The molecule has 2 N–H and O–H groups in total. The number of nitrogens with zero attached hydrogens (tertiary/aromatic N) is 1. The van der Waals surface area contributed by atoms with Crippen LogP contribution in [-0.2, 0) is 6.54 Å². The number of anilines is 2. The second-order valence-electron chi connectivity index (χ2n) is 5.04. The van der Waals surface area contributed by atoms with E-state index in [4.69, 9.17) is 5.73 Å². The third-order valence-electron chi connectivity index (χ3n) is 3.16. The maximum atomic E-state index is 13.3. The van der Waals surface area contributed by atoms with Crippen molar-refractivity contribution < 1.29 is 4.39 Å². The molecule has 0 unspecified atom stereocenters. The molecule has 19 heavy (non-hydrogen) atoms. The molecule has 0 amide bonds. The summed E-state index contributed by atoms with van der Waals surface area (Å²) in [6, 6.07) is 11.0. The van der Waals surface area contributed by atoms with Gasteiger partial charge < -0.3 is 10.6 Å². The van der Waals surface area contributed by atoms with Crippen molar-refractivity contribution in [3.05, 3.63) is 58.9 Å². The van der Waals surface area contributed by atoms with Gasteiger partial charge >= 0.3 is 0 Å². The molecule has 0 saturated heterocycles. The Balaban J connectivity index is 2.22. The van der Waals surface area contributed by atoms with Gasteiger partial charge in [-0.2, -0.15) is 0 Å². The van der Waals surface area contributed by atoms with Gasteiger partial charge in [-0.15, -0.1) is 0 Å². The van der Waals surface area contributed by atoms with Crippen molar-refractivity contribution in [3.63, 3.8) is 0 Å². The second kappa shape index (κ2) is 5.31. The predicted octanol–water partition coefficient (Wildman–Crippen LogP) is 3.66.